The molecule has 0 unspecified atom stereocenters. The monoisotopic (exact) mass is 471 g/mol. The highest BCUT2D eigenvalue weighted by atomic mass is 19.1. The fourth-order valence-corrected chi connectivity index (χ4v) is 4.86. The van der Waals surface area contributed by atoms with Crippen LogP contribution in [0.3, 0.4) is 0 Å². The zero-order valence-electron chi connectivity index (χ0n) is 18.8. The number of rotatable bonds is 2. The number of aromatic nitrogens is 3. The summed E-state index contributed by atoms with van der Waals surface area (Å²) in [6.07, 6.45) is -0.736. The summed E-state index contributed by atoms with van der Waals surface area (Å²) < 4.78 is 38.3. The van der Waals surface area contributed by atoms with E-state index in [9.17, 15) is 18.4 Å². The maximum atomic E-state index is 13.8. The van der Waals surface area contributed by atoms with Gasteiger partial charge in [0, 0.05) is 14.1 Å². The highest BCUT2D eigenvalue weighted by molar-refractivity contribution is 5.98. The zero-order chi connectivity index (χ0) is 24.4. The van der Waals surface area contributed by atoms with E-state index in [1.54, 1.807) is 31.3 Å². The lowest BCUT2D eigenvalue weighted by Gasteiger charge is -2.30. The minimum absolute atomic E-state index is 0.309. The van der Waals surface area contributed by atoms with Gasteiger partial charge in [0.05, 0.1) is 28.0 Å². The Kier molecular flexibility index (Phi) is 4.54. The third kappa shape index (κ3) is 2.99. The summed E-state index contributed by atoms with van der Waals surface area (Å²) >= 11 is 0. The second kappa shape index (κ2) is 7.53. The van der Waals surface area contributed by atoms with Gasteiger partial charge in [-0.3, -0.25) is 13.9 Å². The minimum Gasteiger partial charge on any atom is -0.477 e. The summed E-state index contributed by atoms with van der Waals surface area (Å²) in [6, 6.07) is 19.1. The van der Waals surface area contributed by atoms with Gasteiger partial charge >= 0.3 is 5.69 Å². The molecule has 1 aliphatic heterocycles. The topological polar surface area (TPSA) is 58.2 Å². The number of hydrogen-bond acceptors (Lipinski definition) is 3. The molecule has 1 aliphatic rings. The lowest BCUT2D eigenvalue weighted by atomic mass is 10.0. The number of halogens is 2. The highest BCUT2D eigenvalue weighted by Gasteiger charge is 2.36. The summed E-state index contributed by atoms with van der Waals surface area (Å²) in [6.45, 7) is 0. The van der Waals surface area contributed by atoms with Crippen molar-refractivity contribution in [3.05, 3.63) is 117 Å². The molecule has 2 aromatic heterocycles. The predicted molar refractivity (Wildman–Crippen MR) is 128 cm³/mol. The van der Waals surface area contributed by atoms with Gasteiger partial charge in [0.1, 0.15) is 17.4 Å². The highest BCUT2D eigenvalue weighted by Crippen LogP contribution is 2.46. The van der Waals surface area contributed by atoms with Crippen LogP contribution in [0.5, 0.6) is 5.75 Å². The van der Waals surface area contributed by atoms with Crippen molar-refractivity contribution in [2.24, 2.45) is 14.1 Å². The van der Waals surface area contributed by atoms with Crippen LogP contribution >= 0.6 is 0 Å². The number of ether oxygens (including phenoxy) is 1. The van der Waals surface area contributed by atoms with Crippen LogP contribution in [0.1, 0.15) is 17.4 Å². The van der Waals surface area contributed by atoms with Crippen molar-refractivity contribution in [1.29, 1.82) is 0 Å². The molecule has 0 radical (unpaired) electrons. The number of hydrogen-bond donors (Lipinski definition) is 0. The average molecular weight is 471 g/mol. The third-order valence-electron chi connectivity index (χ3n) is 6.50. The Bertz CT molecular complexity index is 1750. The van der Waals surface area contributed by atoms with Crippen LogP contribution in [-0.2, 0) is 14.1 Å². The molecular formula is C27H19F2N3O3. The first-order chi connectivity index (χ1) is 16.9. The predicted octanol–water partition coefficient (Wildman–Crippen LogP) is 4.45. The molecule has 6 nitrogen and oxygen atoms in total. The van der Waals surface area contributed by atoms with Gasteiger partial charge in [0.2, 0.25) is 0 Å². The van der Waals surface area contributed by atoms with Gasteiger partial charge in [-0.25, -0.2) is 13.6 Å². The van der Waals surface area contributed by atoms with E-state index in [1.165, 1.54) is 35.9 Å². The van der Waals surface area contributed by atoms with Crippen molar-refractivity contribution in [3.8, 4) is 22.7 Å². The molecule has 0 fully saturated rings. The molecule has 0 aliphatic carbocycles. The maximum Gasteiger partial charge on any atom is 0.331 e. The van der Waals surface area contributed by atoms with E-state index < -0.39 is 29.0 Å². The van der Waals surface area contributed by atoms with Gasteiger partial charge in [-0.2, -0.15) is 0 Å². The molecule has 0 spiro atoms. The van der Waals surface area contributed by atoms with E-state index in [1.807, 2.05) is 28.8 Å². The molecule has 0 bridgehead atoms. The first-order valence-electron chi connectivity index (χ1n) is 11.0. The van der Waals surface area contributed by atoms with Crippen LogP contribution in [0.4, 0.5) is 8.78 Å². The van der Waals surface area contributed by atoms with E-state index in [-0.39, 0.29) is 0 Å². The number of nitrogens with zero attached hydrogens (tertiary/aromatic N) is 3. The number of benzene rings is 3. The normalized spacial score (nSPS) is 14.5. The largest absolute Gasteiger partial charge is 0.477 e. The zero-order valence-corrected chi connectivity index (χ0v) is 18.8. The van der Waals surface area contributed by atoms with E-state index in [2.05, 4.69) is 0 Å². The molecule has 0 saturated carbocycles. The Labute approximate surface area is 197 Å². The fraction of sp³-hybridized carbons (Fsp3) is 0.111. The maximum absolute atomic E-state index is 13.8. The molecule has 174 valence electrons. The molecule has 5 aromatic rings. The second-order valence-electron chi connectivity index (χ2n) is 8.52. The number of para-hydroxylation sites is 2. The van der Waals surface area contributed by atoms with Gasteiger partial charge in [0.15, 0.2) is 6.10 Å². The first-order valence-corrected chi connectivity index (χ1v) is 11.0. The quantitative estimate of drug-likeness (QED) is 0.382. The second-order valence-corrected chi connectivity index (χ2v) is 8.52. The lowest BCUT2D eigenvalue weighted by molar-refractivity contribution is 0.229. The molecule has 35 heavy (non-hydrogen) atoms. The molecule has 0 saturated heterocycles. The SMILES string of the molecule is Cn1c(=O)c2c(-c3ccc(F)cc3)n3c(c2n(C)c1=O)[C@H](c1ccc(F)cc1)Oc1ccccc1-3. The molecule has 3 heterocycles. The smallest absolute Gasteiger partial charge is 0.331 e. The Morgan fingerprint density at radius 1 is 0.800 bits per heavy atom. The van der Waals surface area contributed by atoms with Crippen LogP contribution in [-0.4, -0.2) is 13.7 Å². The van der Waals surface area contributed by atoms with Crippen molar-refractivity contribution in [2.45, 2.75) is 6.10 Å². The summed E-state index contributed by atoms with van der Waals surface area (Å²) in [4.78, 5) is 26.5. The number of aryl methyl sites for hydroxylation is 1. The molecule has 0 amide bonds. The standard InChI is InChI=1S/C27H19F2N3O3/c1-30-23-21(26(33)31(2)27(30)34)22(15-7-11-17(28)12-8-15)32-19-5-3-4-6-20(19)35-25(24(23)32)16-9-13-18(29)14-10-16/h3-14,25H,1-2H3/t25-/m0/s1. The molecule has 0 N–H and O–H groups in total. The van der Waals surface area contributed by atoms with E-state index in [4.69, 9.17) is 4.74 Å². The Morgan fingerprint density at radius 2 is 1.43 bits per heavy atom. The van der Waals surface area contributed by atoms with Crippen LogP contribution in [0, 0.1) is 11.6 Å². The summed E-state index contributed by atoms with van der Waals surface area (Å²) in [5.41, 5.74) is 2.45. The lowest BCUT2D eigenvalue weighted by Crippen LogP contribution is -2.37. The van der Waals surface area contributed by atoms with Gasteiger partial charge < -0.3 is 9.30 Å². The van der Waals surface area contributed by atoms with E-state index >= 15 is 0 Å². The van der Waals surface area contributed by atoms with Gasteiger partial charge in [-0.05, 0) is 59.7 Å². The Morgan fingerprint density at radius 3 is 2.11 bits per heavy atom. The minimum atomic E-state index is -0.736. The van der Waals surface area contributed by atoms with E-state index in [0.29, 0.717) is 44.9 Å². The molecule has 1 atom stereocenters. The van der Waals surface area contributed by atoms with Crippen molar-refractivity contribution >= 4 is 10.9 Å². The molecule has 8 heteroatoms. The first kappa shape index (κ1) is 21.1. The molecule has 3 aromatic carbocycles. The van der Waals surface area contributed by atoms with E-state index in [0.717, 1.165) is 4.57 Å². The molecule has 6 rings (SSSR count). The van der Waals surface area contributed by atoms with Gasteiger partial charge in [-0.15, -0.1) is 0 Å². The van der Waals surface area contributed by atoms with Crippen LogP contribution in [0.25, 0.3) is 27.8 Å². The number of fused-ring (bicyclic) bond motifs is 5. The van der Waals surface area contributed by atoms with Crippen LogP contribution in [0.15, 0.2) is 82.4 Å². The fourth-order valence-electron chi connectivity index (χ4n) is 4.86. The van der Waals surface area contributed by atoms with Crippen LogP contribution in [0.2, 0.25) is 0 Å². The summed E-state index contributed by atoms with van der Waals surface area (Å²) in [7, 11) is 3.03. The summed E-state index contributed by atoms with van der Waals surface area (Å²) in [5, 5.41) is 0.309. The van der Waals surface area contributed by atoms with Crippen molar-refractivity contribution in [2.75, 3.05) is 0 Å². The Balaban J connectivity index is 1.85. The Hall–Kier alpha value is -4.46. The third-order valence-corrected chi connectivity index (χ3v) is 6.50. The summed E-state index contributed by atoms with van der Waals surface area (Å²) in [5.74, 6) is -0.241. The van der Waals surface area contributed by atoms with Crippen molar-refractivity contribution in [3.63, 3.8) is 0 Å². The average Bonchev–Trinajstić information content (AvgIpc) is 3.23. The van der Waals surface area contributed by atoms with Crippen LogP contribution < -0.4 is 16.0 Å². The van der Waals surface area contributed by atoms with Crippen molar-refractivity contribution in [1.82, 2.24) is 13.7 Å². The molecular weight excluding hydrogens is 452 g/mol. The van der Waals surface area contributed by atoms with Gasteiger partial charge in [-0.1, -0.05) is 24.3 Å². The van der Waals surface area contributed by atoms with Gasteiger partial charge in [0.25, 0.3) is 5.56 Å². The van der Waals surface area contributed by atoms with Crippen molar-refractivity contribution < 1.29 is 13.5 Å².